The summed E-state index contributed by atoms with van der Waals surface area (Å²) in [5, 5.41) is 6.13. The number of aromatic nitrogens is 2. The second-order valence-corrected chi connectivity index (χ2v) is 3.87. The second-order valence-electron chi connectivity index (χ2n) is 3.87. The van der Waals surface area contributed by atoms with Crippen molar-refractivity contribution in [3.63, 3.8) is 0 Å². The minimum Gasteiger partial charge on any atom is -0.322 e. The second kappa shape index (κ2) is 5.20. The molecule has 20 heavy (non-hydrogen) atoms. The Balaban J connectivity index is 2.39. The Morgan fingerprint density at radius 3 is 2.75 bits per heavy atom. The highest BCUT2D eigenvalue weighted by Crippen LogP contribution is 2.30. The average molecular weight is 281 g/mol. The van der Waals surface area contributed by atoms with E-state index in [-0.39, 0.29) is 5.69 Å². The first-order chi connectivity index (χ1) is 9.41. The number of hydrogen-bond acceptors (Lipinski definition) is 2. The van der Waals surface area contributed by atoms with Crippen LogP contribution in [0.3, 0.4) is 0 Å². The molecule has 0 saturated heterocycles. The zero-order valence-electron chi connectivity index (χ0n) is 10.2. The van der Waals surface area contributed by atoms with Crippen LogP contribution in [0, 0.1) is 0 Å². The van der Waals surface area contributed by atoms with Gasteiger partial charge >= 0.3 is 6.18 Å². The molecular weight excluding hydrogens is 271 g/mol. The molecule has 4 nitrogen and oxygen atoms in total. The van der Waals surface area contributed by atoms with Crippen LogP contribution < -0.4 is 5.32 Å². The Bertz CT molecular complexity index is 646. The number of halogens is 3. The molecule has 0 atom stereocenters. The SMILES string of the molecule is C=CC(=O)Nc1cccc(-n2nccc2C(F)(F)F)c1. The topological polar surface area (TPSA) is 46.9 Å². The van der Waals surface area contributed by atoms with Crippen molar-refractivity contribution < 1.29 is 18.0 Å². The molecule has 0 aliphatic heterocycles. The van der Waals surface area contributed by atoms with Crippen LogP contribution in [0.15, 0.2) is 49.2 Å². The Hall–Kier alpha value is -2.57. The molecule has 0 bridgehead atoms. The number of alkyl halides is 3. The van der Waals surface area contributed by atoms with Gasteiger partial charge in [-0.3, -0.25) is 4.79 Å². The van der Waals surface area contributed by atoms with Crippen LogP contribution in [0.2, 0.25) is 0 Å². The predicted octanol–water partition coefficient (Wildman–Crippen LogP) is 3.02. The van der Waals surface area contributed by atoms with E-state index in [2.05, 4.69) is 17.0 Å². The monoisotopic (exact) mass is 281 g/mol. The summed E-state index contributed by atoms with van der Waals surface area (Å²) in [4.78, 5) is 11.2. The number of anilines is 1. The number of nitrogens with zero attached hydrogens (tertiary/aromatic N) is 2. The van der Waals surface area contributed by atoms with E-state index < -0.39 is 17.8 Å². The molecule has 0 fully saturated rings. The molecule has 1 aromatic heterocycles. The van der Waals surface area contributed by atoms with E-state index in [4.69, 9.17) is 0 Å². The van der Waals surface area contributed by atoms with Gasteiger partial charge in [0.05, 0.1) is 11.9 Å². The van der Waals surface area contributed by atoms with E-state index in [0.29, 0.717) is 5.69 Å². The molecule has 0 aliphatic carbocycles. The molecule has 1 amide bonds. The predicted molar refractivity (Wildman–Crippen MR) is 67.4 cm³/mol. The number of amides is 1. The van der Waals surface area contributed by atoms with Gasteiger partial charge in [-0.2, -0.15) is 18.3 Å². The number of carbonyl (C=O) groups excluding carboxylic acids is 1. The number of carbonyl (C=O) groups is 1. The van der Waals surface area contributed by atoms with Crippen LogP contribution in [0.25, 0.3) is 5.69 Å². The summed E-state index contributed by atoms with van der Waals surface area (Å²) < 4.78 is 39.1. The molecule has 0 unspecified atom stereocenters. The molecule has 2 rings (SSSR count). The molecule has 0 spiro atoms. The molecule has 1 heterocycles. The highest BCUT2D eigenvalue weighted by atomic mass is 19.4. The fraction of sp³-hybridized carbons (Fsp3) is 0.0769. The number of nitrogens with one attached hydrogen (secondary N) is 1. The summed E-state index contributed by atoms with van der Waals surface area (Å²) in [6.45, 7) is 3.30. The van der Waals surface area contributed by atoms with Gasteiger partial charge < -0.3 is 5.32 Å². The van der Waals surface area contributed by atoms with Crippen molar-refractivity contribution in [1.82, 2.24) is 9.78 Å². The van der Waals surface area contributed by atoms with Crippen LogP contribution in [-0.2, 0) is 11.0 Å². The van der Waals surface area contributed by atoms with Gasteiger partial charge in [-0.1, -0.05) is 12.6 Å². The van der Waals surface area contributed by atoms with Gasteiger partial charge in [-0.15, -0.1) is 0 Å². The molecule has 1 aromatic carbocycles. The van der Waals surface area contributed by atoms with Crippen molar-refractivity contribution in [2.75, 3.05) is 5.32 Å². The maximum Gasteiger partial charge on any atom is 0.433 e. The van der Waals surface area contributed by atoms with Crippen LogP contribution in [0.1, 0.15) is 5.69 Å². The van der Waals surface area contributed by atoms with Gasteiger partial charge in [0.15, 0.2) is 0 Å². The fourth-order valence-corrected chi connectivity index (χ4v) is 1.63. The van der Waals surface area contributed by atoms with Gasteiger partial charge in [0.1, 0.15) is 5.69 Å². The lowest BCUT2D eigenvalue weighted by Crippen LogP contribution is -2.13. The van der Waals surface area contributed by atoms with E-state index in [0.717, 1.165) is 23.0 Å². The highest BCUT2D eigenvalue weighted by Gasteiger charge is 2.35. The molecular formula is C13H10F3N3O. The van der Waals surface area contributed by atoms with Crippen molar-refractivity contribution >= 4 is 11.6 Å². The Kier molecular flexibility index (Phi) is 3.60. The van der Waals surface area contributed by atoms with Gasteiger partial charge in [-0.05, 0) is 30.3 Å². The Labute approximate surface area is 112 Å². The van der Waals surface area contributed by atoms with Crippen LogP contribution in [0.5, 0.6) is 0 Å². The van der Waals surface area contributed by atoms with Gasteiger partial charge in [0, 0.05) is 5.69 Å². The van der Waals surface area contributed by atoms with Crippen LogP contribution >= 0.6 is 0 Å². The molecule has 0 radical (unpaired) electrons. The van der Waals surface area contributed by atoms with Crippen molar-refractivity contribution in [3.05, 3.63) is 54.9 Å². The molecule has 0 saturated carbocycles. The molecule has 7 heteroatoms. The summed E-state index contributed by atoms with van der Waals surface area (Å²) in [7, 11) is 0. The number of benzene rings is 1. The van der Waals surface area contributed by atoms with E-state index in [1.807, 2.05) is 0 Å². The van der Waals surface area contributed by atoms with Crippen LogP contribution in [-0.4, -0.2) is 15.7 Å². The maximum absolute atomic E-state index is 12.8. The van der Waals surface area contributed by atoms with Crippen molar-refractivity contribution in [2.24, 2.45) is 0 Å². The normalized spacial score (nSPS) is 11.2. The third kappa shape index (κ3) is 2.87. The minimum absolute atomic E-state index is 0.198. The highest BCUT2D eigenvalue weighted by molar-refractivity contribution is 5.99. The van der Waals surface area contributed by atoms with Crippen molar-refractivity contribution in [1.29, 1.82) is 0 Å². The number of hydrogen-bond donors (Lipinski definition) is 1. The largest absolute Gasteiger partial charge is 0.433 e. The lowest BCUT2D eigenvalue weighted by molar-refractivity contribution is -0.142. The van der Waals surface area contributed by atoms with E-state index in [1.54, 1.807) is 6.07 Å². The summed E-state index contributed by atoms with van der Waals surface area (Å²) >= 11 is 0. The van der Waals surface area contributed by atoms with Crippen molar-refractivity contribution in [2.45, 2.75) is 6.18 Å². The Morgan fingerprint density at radius 1 is 1.35 bits per heavy atom. The van der Waals surface area contributed by atoms with E-state index in [1.165, 1.54) is 18.2 Å². The average Bonchev–Trinajstić information content (AvgIpc) is 2.88. The van der Waals surface area contributed by atoms with E-state index in [9.17, 15) is 18.0 Å². The molecule has 104 valence electrons. The van der Waals surface area contributed by atoms with Crippen LogP contribution in [0.4, 0.5) is 18.9 Å². The molecule has 0 aliphatic rings. The first kappa shape index (κ1) is 13.9. The lowest BCUT2D eigenvalue weighted by atomic mass is 10.2. The summed E-state index contributed by atoms with van der Waals surface area (Å²) in [5.74, 6) is -0.446. The lowest BCUT2D eigenvalue weighted by Gasteiger charge is -2.11. The zero-order chi connectivity index (χ0) is 14.8. The van der Waals surface area contributed by atoms with Gasteiger partial charge in [-0.25, -0.2) is 4.68 Å². The third-order valence-corrected chi connectivity index (χ3v) is 2.48. The standard InChI is InChI=1S/C13H10F3N3O/c1-2-12(20)18-9-4-3-5-10(8-9)19-11(6-7-17-19)13(14,15)16/h2-8H,1H2,(H,18,20). The summed E-state index contributed by atoms with van der Waals surface area (Å²) in [6, 6.07) is 6.82. The first-order valence-corrected chi connectivity index (χ1v) is 5.57. The van der Waals surface area contributed by atoms with Gasteiger partial charge in [0.2, 0.25) is 5.91 Å². The maximum atomic E-state index is 12.8. The first-order valence-electron chi connectivity index (χ1n) is 5.57. The zero-order valence-corrected chi connectivity index (χ0v) is 10.2. The summed E-state index contributed by atoms with van der Waals surface area (Å²) in [6.07, 6.45) is -2.36. The quantitative estimate of drug-likeness (QED) is 0.879. The van der Waals surface area contributed by atoms with Gasteiger partial charge in [0.25, 0.3) is 0 Å². The third-order valence-electron chi connectivity index (χ3n) is 2.48. The minimum atomic E-state index is -4.50. The number of rotatable bonds is 3. The van der Waals surface area contributed by atoms with E-state index >= 15 is 0 Å². The smallest absolute Gasteiger partial charge is 0.322 e. The molecule has 2 aromatic rings. The molecule has 1 N–H and O–H groups in total. The fourth-order valence-electron chi connectivity index (χ4n) is 1.63. The Morgan fingerprint density at radius 2 is 2.10 bits per heavy atom. The summed E-state index contributed by atoms with van der Waals surface area (Å²) in [5.41, 5.74) is -0.329. The van der Waals surface area contributed by atoms with Crippen molar-refractivity contribution in [3.8, 4) is 5.69 Å².